The maximum atomic E-state index is 13.9. The molecule has 0 spiro atoms. The van der Waals surface area contributed by atoms with Gasteiger partial charge < -0.3 is 4.74 Å². The van der Waals surface area contributed by atoms with Crippen molar-refractivity contribution in [3.63, 3.8) is 0 Å². The predicted molar refractivity (Wildman–Crippen MR) is 138 cm³/mol. The molecule has 0 bridgehead atoms. The number of nitrogens with zero attached hydrogens (tertiary/aromatic N) is 4. The van der Waals surface area contributed by atoms with Crippen LogP contribution in [0.3, 0.4) is 0 Å². The van der Waals surface area contributed by atoms with Gasteiger partial charge in [0, 0.05) is 24.5 Å². The molecule has 3 aromatic heterocycles. The van der Waals surface area contributed by atoms with Gasteiger partial charge in [-0.2, -0.15) is 5.10 Å². The summed E-state index contributed by atoms with van der Waals surface area (Å²) in [7, 11) is 0. The molecule has 0 saturated carbocycles. The third kappa shape index (κ3) is 4.60. The number of ether oxygens (including phenoxy) is 1. The van der Waals surface area contributed by atoms with Crippen molar-refractivity contribution >= 4 is 27.5 Å². The van der Waals surface area contributed by atoms with Crippen molar-refractivity contribution in [3.8, 4) is 5.00 Å². The molecule has 8 nitrogen and oxygen atoms in total. The highest BCUT2D eigenvalue weighted by molar-refractivity contribution is 7.21. The van der Waals surface area contributed by atoms with E-state index in [-0.39, 0.29) is 0 Å². The Bertz CT molecular complexity index is 1490. The second-order valence-corrected chi connectivity index (χ2v) is 11.0. The first kappa shape index (κ1) is 24.7. The highest BCUT2D eigenvalue weighted by Crippen LogP contribution is 2.31. The van der Waals surface area contributed by atoms with Crippen LogP contribution in [0.2, 0.25) is 0 Å². The van der Waals surface area contributed by atoms with E-state index in [2.05, 4.69) is 5.10 Å². The molecule has 0 unspecified atom stereocenters. The van der Waals surface area contributed by atoms with Crippen LogP contribution in [0, 0.1) is 6.92 Å². The van der Waals surface area contributed by atoms with Crippen molar-refractivity contribution in [2.75, 3.05) is 0 Å². The number of aryl methyl sites for hydroxylation is 3. The number of hydrogen-bond acceptors (Lipinski definition) is 6. The Morgan fingerprint density at radius 3 is 2.34 bits per heavy atom. The van der Waals surface area contributed by atoms with E-state index in [0.717, 1.165) is 15.1 Å². The Kier molecular flexibility index (Phi) is 6.31. The second kappa shape index (κ2) is 8.96. The van der Waals surface area contributed by atoms with Crippen molar-refractivity contribution in [3.05, 3.63) is 80.8 Å². The summed E-state index contributed by atoms with van der Waals surface area (Å²) in [5.41, 5.74) is -1.55. The van der Waals surface area contributed by atoms with Crippen molar-refractivity contribution in [2.45, 2.75) is 65.6 Å². The monoisotopic (exact) mass is 494 g/mol. The van der Waals surface area contributed by atoms with Crippen molar-refractivity contribution in [1.82, 2.24) is 18.9 Å². The van der Waals surface area contributed by atoms with E-state index in [1.54, 1.807) is 62.3 Å². The zero-order chi connectivity index (χ0) is 25.5. The molecule has 0 fully saturated rings. The summed E-state index contributed by atoms with van der Waals surface area (Å²) in [5.74, 6) is -0.640. The van der Waals surface area contributed by atoms with Crippen LogP contribution in [0.15, 0.2) is 58.4 Å². The van der Waals surface area contributed by atoms with Crippen LogP contribution < -0.4 is 11.2 Å². The first-order chi connectivity index (χ1) is 16.4. The molecule has 0 saturated heterocycles. The summed E-state index contributed by atoms with van der Waals surface area (Å²) >= 11 is 1.34. The number of thiophene rings is 1. The lowest BCUT2D eigenvalue weighted by Crippen LogP contribution is -2.54. The molecular formula is C26H30N4O4S. The average Bonchev–Trinajstić information content (AvgIpc) is 3.41. The van der Waals surface area contributed by atoms with E-state index in [9.17, 15) is 14.4 Å². The molecule has 1 aromatic carbocycles. The molecule has 0 atom stereocenters. The molecule has 0 aliphatic heterocycles. The van der Waals surface area contributed by atoms with Crippen molar-refractivity contribution in [1.29, 1.82) is 0 Å². The molecule has 0 aliphatic rings. The van der Waals surface area contributed by atoms with Gasteiger partial charge in [0.25, 0.3) is 5.56 Å². The normalized spacial score (nSPS) is 12.3. The van der Waals surface area contributed by atoms with Crippen LogP contribution in [-0.4, -0.2) is 30.5 Å². The Hall–Kier alpha value is -3.46. The zero-order valence-corrected chi connectivity index (χ0v) is 21.7. The Morgan fingerprint density at radius 1 is 1.06 bits per heavy atom. The highest BCUT2D eigenvalue weighted by atomic mass is 32.1. The molecule has 0 radical (unpaired) electrons. The minimum atomic E-state index is -1.51. The van der Waals surface area contributed by atoms with Crippen molar-refractivity contribution < 1.29 is 9.53 Å². The minimum absolute atomic E-state index is 0.350. The number of benzene rings is 1. The molecule has 0 N–H and O–H groups in total. The molecule has 0 aliphatic carbocycles. The third-order valence-electron chi connectivity index (χ3n) is 5.82. The molecule has 35 heavy (non-hydrogen) atoms. The lowest BCUT2D eigenvalue weighted by atomic mass is 10.0. The lowest BCUT2D eigenvalue weighted by molar-refractivity contribution is -0.164. The summed E-state index contributed by atoms with van der Waals surface area (Å²) in [6.07, 6.45) is 4.05. The van der Waals surface area contributed by atoms with Gasteiger partial charge in [0.15, 0.2) is 0 Å². The Morgan fingerprint density at radius 2 is 1.74 bits per heavy atom. The van der Waals surface area contributed by atoms with Gasteiger partial charge in [-0.15, -0.1) is 0 Å². The van der Waals surface area contributed by atoms with E-state index in [0.29, 0.717) is 28.7 Å². The Balaban J connectivity index is 1.96. The smallest absolute Gasteiger partial charge is 0.333 e. The average molecular weight is 495 g/mol. The van der Waals surface area contributed by atoms with E-state index >= 15 is 0 Å². The molecule has 3 heterocycles. The van der Waals surface area contributed by atoms with Crippen LogP contribution >= 0.6 is 11.3 Å². The summed E-state index contributed by atoms with van der Waals surface area (Å²) in [5, 5.41) is 5.47. The summed E-state index contributed by atoms with van der Waals surface area (Å²) in [4.78, 5) is 41.4. The maximum Gasteiger partial charge on any atom is 0.333 e. The highest BCUT2D eigenvalue weighted by Gasteiger charge is 2.38. The fourth-order valence-electron chi connectivity index (χ4n) is 4.01. The Labute approximate surface area is 207 Å². The van der Waals surface area contributed by atoms with E-state index < -0.39 is 28.4 Å². The van der Waals surface area contributed by atoms with Crippen LogP contribution in [0.1, 0.15) is 45.7 Å². The predicted octanol–water partition coefficient (Wildman–Crippen LogP) is 4.04. The van der Waals surface area contributed by atoms with E-state index in [1.165, 1.54) is 11.3 Å². The first-order valence-electron chi connectivity index (χ1n) is 11.5. The van der Waals surface area contributed by atoms with Gasteiger partial charge >= 0.3 is 11.7 Å². The maximum absolute atomic E-state index is 13.9. The SMILES string of the molecule is Cc1c(-n2cccn2)sc2c1c(=O)n(C(C)(C)C(=O)OC(C)(C)C)c(=O)n2CCc1ccccc1. The number of rotatable bonds is 6. The van der Waals surface area contributed by atoms with Gasteiger partial charge in [0.2, 0.25) is 0 Å². The zero-order valence-electron chi connectivity index (χ0n) is 20.9. The van der Waals surface area contributed by atoms with Gasteiger partial charge in [0.05, 0.1) is 5.39 Å². The number of hydrogen-bond donors (Lipinski definition) is 0. The molecule has 184 valence electrons. The number of aromatic nitrogens is 4. The quantitative estimate of drug-likeness (QED) is 0.378. The van der Waals surface area contributed by atoms with E-state index in [4.69, 9.17) is 4.74 Å². The largest absolute Gasteiger partial charge is 0.458 e. The second-order valence-electron chi connectivity index (χ2n) is 10.0. The van der Waals surface area contributed by atoms with Crippen LogP contribution in [-0.2, 0) is 28.0 Å². The van der Waals surface area contributed by atoms with Gasteiger partial charge in [-0.25, -0.2) is 18.8 Å². The topological polar surface area (TPSA) is 88.1 Å². The summed E-state index contributed by atoms with van der Waals surface area (Å²) in [6.45, 7) is 10.6. The fourth-order valence-corrected chi connectivity index (χ4v) is 5.27. The number of fused-ring (bicyclic) bond motifs is 1. The van der Waals surface area contributed by atoms with Gasteiger partial charge in [-0.3, -0.25) is 9.36 Å². The molecule has 0 amide bonds. The van der Waals surface area contributed by atoms with Crippen LogP contribution in [0.25, 0.3) is 15.2 Å². The number of carbonyl (C=O) groups excluding carboxylic acids is 1. The third-order valence-corrected chi connectivity index (χ3v) is 7.13. The molecule has 4 rings (SSSR count). The van der Waals surface area contributed by atoms with Gasteiger partial charge in [-0.05, 0) is 59.6 Å². The van der Waals surface area contributed by atoms with Crippen LogP contribution in [0.5, 0.6) is 0 Å². The minimum Gasteiger partial charge on any atom is -0.458 e. The van der Waals surface area contributed by atoms with Gasteiger partial charge in [-0.1, -0.05) is 41.7 Å². The lowest BCUT2D eigenvalue weighted by Gasteiger charge is -2.30. The van der Waals surface area contributed by atoms with Crippen molar-refractivity contribution in [2.24, 2.45) is 0 Å². The van der Waals surface area contributed by atoms with E-state index in [1.807, 2.05) is 37.3 Å². The molecule has 9 heteroatoms. The first-order valence-corrected chi connectivity index (χ1v) is 12.3. The van der Waals surface area contributed by atoms with Crippen LogP contribution in [0.4, 0.5) is 0 Å². The number of esters is 1. The summed E-state index contributed by atoms with van der Waals surface area (Å²) in [6, 6.07) is 11.6. The molecular weight excluding hydrogens is 464 g/mol. The summed E-state index contributed by atoms with van der Waals surface area (Å²) < 4.78 is 9.91. The molecule has 4 aromatic rings. The fraction of sp³-hybridized carbons (Fsp3) is 0.385. The number of carbonyl (C=O) groups is 1. The standard InChI is InChI=1S/C26H30N4O4S/c1-17-19-20(31)30(26(5,6)23(32)34-25(2,3)4)24(33)28(16-13-18-11-8-7-9-12-18)22(19)35-21(17)29-15-10-14-27-29/h7-12,14-15H,13,16H2,1-6H3. The van der Waals surface area contributed by atoms with Gasteiger partial charge in [0.1, 0.15) is 21.0 Å².